The molecule has 146 valence electrons. The van der Waals surface area contributed by atoms with E-state index in [-0.39, 0.29) is 12.5 Å². The Morgan fingerprint density at radius 3 is 2.50 bits per heavy atom. The van der Waals surface area contributed by atoms with Gasteiger partial charge in [-0.25, -0.2) is 0 Å². The van der Waals surface area contributed by atoms with E-state index in [0.29, 0.717) is 29.5 Å². The minimum atomic E-state index is -0.305. The van der Waals surface area contributed by atoms with Gasteiger partial charge in [-0.3, -0.25) is 4.79 Å². The third kappa shape index (κ3) is 4.20. The van der Waals surface area contributed by atoms with E-state index in [9.17, 15) is 4.79 Å². The van der Waals surface area contributed by atoms with Crippen molar-refractivity contribution in [1.29, 1.82) is 0 Å². The highest BCUT2D eigenvalue weighted by Crippen LogP contribution is 2.24. The number of nitrogens with zero attached hydrogens (tertiary/aromatic N) is 4. The molecule has 0 radical (unpaired) electrons. The molecule has 0 spiro atoms. The molecule has 1 heterocycles. The van der Waals surface area contributed by atoms with Gasteiger partial charge in [-0.1, -0.05) is 0 Å². The molecule has 28 heavy (non-hydrogen) atoms. The van der Waals surface area contributed by atoms with Crippen LogP contribution in [-0.2, 0) is 6.54 Å². The molecule has 0 saturated heterocycles. The highest BCUT2D eigenvalue weighted by Gasteiger charge is 2.15. The molecule has 1 aromatic heterocycles. The van der Waals surface area contributed by atoms with Crippen LogP contribution in [0.3, 0.4) is 0 Å². The van der Waals surface area contributed by atoms with E-state index in [4.69, 9.17) is 14.2 Å². The summed E-state index contributed by atoms with van der Waals surface area (Å²) >= 11 is 0. The van der Waals surface area contributed by atoms with Gasteiger partial charge >= 0.3 is 0 Å². The molecule has 0 aliphatic carbocycles. The van der Waals surface area contributed by atoms with E-state index in [1.54, 1.807) is 30.0 Å². The summed E-state index contributed by atoms with van der Waals surface area (Å²) < 4.78 is 17.4. The first-order valence-electron chi connectivity index (χ1n) is 8.67. The lowest BCUT2D eigenvalue weighted by molar-refractivity contribution is 0.0946. The smallest absolute Gasteiger partial charge is 0.255 e. The number of rotatable bonds is 8. The summed E-state index contributed by atoms with van der Waals surface area (Å²) in [6.45, 7) is 2.67. The zero-order valence-electron chi connectivity index (χ0n) is 15.9. The third-order valence-corrected chi connectivity index (χ3v) is 3.99. The number of benzene rings is 2. The Hall–Kier alpha value is -3.62. The normalized spacial score (nSPS) is 10.4. The number of hydrogen-bond donors (Lipinski definition) is 1. The van der Waals surface area contributed by atoms with Gasteiger partial charge in [0, 0.05) is 6.07 Å². The van der Waals surface area contributed by atoms with Gasteiger partial charge in [-0.2, -0.15) is 4.68 Å². The van der Waals surface area contributed by atoms with Crippen molar-refractivity contribution < 1.29 is 19.0 Å². The van der Waals surface area contributed by atoms with Crippen molar-refractivity contribution in [1.82, 2.24) is 25.5 Å². The van der Waals surface area contributed by atoms with E-state index in [0.717, 1.165) is 11.4 Å². The van der Waals surface area contributed by atoms with E-state index in [1.807, 2.05) is 31.2 Å². The summed E-state index contributed by atoms with van der Waals surface area (Å²) in [4.78, 5) is 12.6. The molecular formula is C19H21N5O4. The molecule has 2 aromatic carbocycles. The van der Waals surface area contributed by atoms with Crippen LogP contribution >= 0.6 is 0 Å². The maximum absolute atomic E-state index is 12.6. The van der Waals surface area contributed by atoms with Gasteiger partial charge in [0.1, 0.15) is 17.2 Å². The quantitative estimate of drug-likeness (QED) is 0.635. The minimum Gasteiger partial charge on any atom is -0.497 e. The van der Waals surface area contributed by atoms with Crippen molar-refractivity contribution >= 4 is 5.91 Å². The number of methoxy groups -OCH3 is 2. The molecule has 9 heteroatoms. The van der Waals surface area contributed by atoms with Crippen molar-refractivity contribution in [2.24, 2.45) is 0 Å². The second-order valence-corrected chi connectivity index (χ2v) is 5.68. The van der Waals surface area contributed by atoms with Gasteiger partial charge in [0.2, 0.25) is 0 Å². The number of amides is 1. The van der Waals surface area contributed by atoms with Crippen molar-refractivity contribution in [2.45, 2.75) is 13.5 Å². The average Bonchev–Trinajstić information content (AvgIpc) is 3.21. The van der Waals surface area contributed by atoms with Crippen molar-refractivity contribution in [3.8, 4) is 22.9 Å². The number of hydrogen-bond acceptors (Lipinski definition) is 7. The van der Waals surface area contributed by atoms with Crippen LogP contribution in [0.4, 0.5) is 0 Å². The van der Waals surface area contributed by atoms with Gasteiger partial charge in [0.25, 0.3) is 5.91 Å². The molecule has 0 atom stereocenters. The number of aromatic nitrogens is 4. The summed E-state index contributed by atoms with van der Waals surface area (Å²) in [5, 5.41) is 14.5. The number of carbonyl (C=O) groups is 1. The molecule has 0 bridgehead atoms. The van der Waals surface area contributed by atoms with Gasteiger partial charge in [0.05, 0.1) is 38.6 Å². The molecule has 0 saturated carbocycles. The van der Waals surface area contributed by atoms with E-state index in [2.05, 4.69) is 20.8 Å². The predicted octanol–water partition coefficient (Wildman–Crippen LogP) is 2.01. The first kappa shape index (κ1) is 19.2. The molecule has 9 nitrogen and oxygen atoms in total. The Morgan fingerprint density at radius 2 is 1.82 bits per heavy atom. The lowest BCUT2D eigenvalue weighted by atomic mass is 10.1. The van der Waals surface area contributed by atoms with Crippen LogP contribution in [0.5, 0.6) is 17.2 Å². The molecule has 0 aliphatic rings. The van der Waals surface area contributed by atoms with Crippen molar-refractivity contribution in [2.75, 3.05) is 20.8 Å². The molecule has 1 amide bonds. The van der Waals surface area contributed by atoms with Crippen LogP contribution in [0.1, 0.15) is 23.1 Å². The summed E-state index contributed by atoms with van der Waals surface area (Å²) in [6.07, 6.45) is 0. The van der Waals surface area contributed by atoms with Gasteiger partial charge < -0.3 is 19.5 Å². The number of ether oxygens (including phenoxy) is 3. The third-order valence-electron chi connectivity index (χ3n) is 3.99. The lowest BCUT2D eigenvalue weighted by Crippen LogP contribution is -2.25. The fourth-order valence-corrected chi connectivity index (χ4v) is 2.61. The fourth-order valence-electron chi connectivity index (χ4n) is 2.61. The summed E-state index contributed by atoms with van der Waals surface area (Å²) in [6, 6.07) is 12.4. The van der Waals surface area contributed by atoms with E-state index in [1.165, 1.54) is 7.11 Å². The van der Waals surface area contributed by atoms with Crippen LogP contribution < -0.4 is 19.5 Å². The SMILES string of the molecule is CCOc1ccc(-n2nnnc2CNC(=O)c2ccc(OC)cc2OC)cc1. The van der Waals surface area contributed by atoms with Crippen LogP contribution in [0.2, 0.25) is 0 Å². The first-order chi connectivity index (χ1) is 13.7. The zero-order valence-corrected chi connectivity index (χ0v) is 15.9. The Kier molecular flexibility index (Phi) is 6.05. The number of carbonyl (C=O) groups excluding carboxylic acids is 1. The first-order valence-corrected chi connectivity index (χ1v) is 8.67. The molecule has 3 aromatic rings. The Morgan fingerprint density at radius 1 is 1.07 bits per heavy atom. The van der Waals surface area contributed by atoms with Crippen LogP contribution in [-0.4, -0.2) is 46.9 Å². The maximum Gasteiger partial charge on any atom is 0.255 e. The second-order valence-electron chi connectivity index (χ2n) is 5.68. The monoisotopic (exact) mass is 383 g/mol. The van der Waals surface area contributed by atoms with Crippen LogP contribution in [0.25, 0.3) is 5.69 Å². The second kappa shape index (κ2) is 8.85. The van der Waals surface area contributed by atoms with Crippen molar-refractivity contribution in [3.63, 3.8) is 0 Å². The fraction of sp³-hybridized carbons (Fsp3) is 0.263. The van der Waals surface area contributed by atoms with Gasteiger partial charge in [-0.05, 0) is 53.7 Å². The molecule has 0 fully saturated rings. The predicted molar refractivity (Wildman–Crippen MR) is 101 cm³/mol. The molecule has 3 rings (SSSR count). The molecule has 0 unspecified atom stereocenters. The topological polar surface area (TPSA) is 100 Å². The maximum atomic E-state index is 12.6. The summed E-state index contributed by atoms with van der Waals surface area (Å²) in [5.41, 5.74) is 1.16. The molecular weight excluding hydrogens is 362 g/mol. The highest BCUT2D eigenvalue weighted by molar-refractivity contribution is 5.97. The minimum absolute atomic E-state index is 0.147. The van der Waals surface area contributed by atoms with Crippen molar-refractivity contribution in [3.05, 3.63) is 53.9 Å². The largest absolute Gasteiger partial charge is 0.497 e. The van der Waals surface area contributed by atoms with E-state index >= 15 is 0 Å². The average molecular weight is 383 g/mol. The summed E-state index contributed by atoms with van der Waals surface area (Å²) in [5.74, 6) is 1.97. The summed E-state index contributed by atoms with van der Waals surface area (Å²) in [7, 11) is 3.05. The Labute approximate surface area is 162 Å². The lowest BCUT2D eigenvalue weighted by Gasteiger charge is -2.11. The standard InChI is InChI=1S/C19H21N5O4/c1-4-28-14-7-5-13(6-8-14)24-18(21-22-23-24)12-20-19(25)16-10-9-15(26-2)11-17(16)27-3/h5-11H,4,12H2,1-3H3,(H,20,25). The highest BCUT2D eigenvalue weighted by atomic mass is 16.5. The molecule has 1 N–H and O–H groups in total. The zero-order chi connectivity index (χ0) is 19.9. The Balaban J connectivity index is 1.72. The van der Waals surface area contributed by atoms with Gasteiger partial charge in [-0.15, -0.1) is 5.10 Å². The van der Waals surface area contributed by atoms with Crippen LogP contribution in [0.15, 0.2) is 42.5 Å². The van der Waals surface area contributed by atoms with Gasteiger partial charge in [0.15, 0.2) is 5.82 Å². The van der Waals surface area contributed by atoms with Crippen LogP contribution in [0, 0.1) is 0 Å². The van der Waals surface area contributed by atoms with E-state index < -0.39 is 0 Å². The number of nitrogens with one attached hydrogen (secondary N) is 1. The molecule has 0 aliphatic heterocycles. The Bertz CT molecular complexity index is 940. The number of tetrazole rings is 1.